The Kier molecular flexibility index (Phi) is 4.35. The lowest BCUT2D eigenvalue weighted by atomic mass is 10.2. The molecule has 0 saturated heterocycles. The molecule has 0 aliphatic heterocycles. The van der Waals surface area contributed by atoms with Crippen LogP contribution in [0.25, 0.3) is 0 Å². The van der Waals surface area contributed by atoms with Crippen LogP contribution in [0, 0.1) is 0 Å². The lowest BCUT2D eigenvalue weighted by Gasteiger charge is -2.06. The van der Waals surface area contributed by atoms with E-state index in [4.69, 9.17) is 0 Å². The smallest absolute Gasteiger partial charge is 0.359 e. The highest BCUT2D eigenvalue weighted by Gasteiger charge is 2.27. The van der Waals surface area contributed by atoms with Gasteiger partial charge in [-0.25, -0.2) is 0 Å². The van der Waals surface area contributed by atoms with E-state index in [-0.39, 0.29) is 0 Å². The van der Waals surface area contributed by atoms with Gasteiger partial charge in [0.2, 0.25) is 0 Å². The number of carbonyl (C=O) groups excluding carboxylic acids is 1. The number of nitrogens with zero attached hydrogens (tertiary/aromatic N) is 1. The number of hydrogen-bond donors (Lipinski definition) is 0. The highest BCUT2D eigenvalue weighted by molar-refractivity contribution is 7.61. The maximum atomic E-state index is 12.5. The fraction of sp³-hybridized carbons (Fsp3) is 0.500. The number of carboxylic acids is 1. The summed E-state index contributed by atoms with van der Waals surface area (Å²) in [5.74, 6) is -1.59. The molecule has 0 aromatic heterocycles. The zero-order valence-corrected chi connectivity index (χ0v) is 7.85. The van der Waals surface area contributed by atoms with Crippen LogP contribution in [0.15, 0.2) is 16.0 Å². The maximum Gasteiger partial charge on any atom is 0.359 e. The van der Waals surface area contributed by atoms with E-state index in [0.29, 0.717) is 6.08 Å². The standard InChI is InChI=1S/C6H7F2NO4S/c1-4(5(10)11)2-3-6(7,8)9-14(12)13/h2H,3H2,1H3,(H,10,11)/p-1. The molecular weight excluding hydrogens is 220 g/mol. The van der Waals surface area contributed by atoms with Gasteiger partial charge in [-0.15, -0.1) is 0 Å². The number of aliphatic carboxylic acids is 1. The van der Waals surface area contributed by atoms with Gasteiger partial charge in [0.15, 0.2) is 0 Å². The second kappa shape index (κ2) is 4.80. The second-order valence-corrected chi connectivity index (χ2v) is 2.97. The van der Waals surface area contributed by atoms with E-state index in [2.05, 4.69) is 4.36 Å². The molecule has 80 valence electrons. The quantitative estimate of drug-likeness (QED) is 0.487. The summed E-state index contributed by atoms with van der Waals surface area (Å²) in [4.78, 5) is 10.1. The molecule has 5 nitrogen and oxygen atoms in total. The van der Waals surface area contributed by atoms with Crippen LogP contribution in [0.2, 0.25) is 0 Å². The van der Waals surface area contributed by atoms with E-state index >= 15 is 0 Å². The van der Waals surface area contributed by atoms with Gasteiger partial charge in [0.25, 0.3) is 0 Å². The predicted molar refractivity (Wildman–Crippen MR) is 39.7 cm³/mol. The molecular formula is C6H6F2NO4S-. The Morgan fingerprint density at radius 3 is 2.43 bits per heavy atom. The summed E-state index contributed by atoms with van der Waals surface area (Å²) in [6.45, 7) is 1.06. The van der Waals surface area contributed by atoms with Crippen LogP contribution >= 0.6 is 0 Å². The van der Waals surface area contributed by atoms with Crippen LogP contribution in [-0.4, -0.2) is 20.4 Å². The molecule has 0 radical (unpaired) electrons. The van der Waals surface area contributed by atoms with Gasteiger partial charge >= 0.3 is 16.5 Å². The van der Waals surface area contributed by atoms with E-state index in [1.165, 1.54) is 0 Å². The SMILES string of the molecule is CC(=CCC(F)(F)N=S(=O)=O)C(=O)[O-]. The van der Waals surface area contributed by atoms with Crippen molar-refractivity contribution in [1.29, 1.82) is 0 Å². The number of carbonyl (C=O) groups is 1. The summed E-state index contributed by atoms with van der Waals surface area (Å²) in [5.41, 5.74) is -0.406. The largest absolute Gasteiger partial charge is 0.545 e. The molecule has 0 unspecified atom stereocenters. The number of alkyl halides is 2. The summed E-state index contributed by atoms with van der Waals surface area (Å²) in [6.07, 6.45) is -0.452. The molecule has 0 bridgehead atoms. The van der Waals surface area contributed by atoms with E-state index in [9.17, 15) is 27.1 Å². The Balaban J connectivity index is 4.62. The highest BCUT2D eigenvalue weighted by atomic mass is 32.2. The van der Waals surface area contributed by atoms with Crippen molar-refractivity contribution in [2.75, 3.05) is 0 Å². The zero-order valence-electron chi connectivity index (χ0n) is 7.03. The minimum Gasteiger partial charge on any atom is -0.545 e. The molecule has 0 spiro atoms. The van der Waals surface area contributed by atoms with Crippen molar-refractivity contribution in [3.8, 4) is 0 Å². The predicted octanol–water partition coefficient (Wildman–Crippen LogP) is -0.272. The first-order valence-electron chi connectivity index (χ1n) is 3.33. The maximum absolute atomic E-state index is 12.5. The van der Waals surface area contributed by atoms with E-state index in [1.807, 2.05) is 0 Å². The Morgan fingerprint density at radius 1 is 1.57 bits per heavy atom. The third-order valence-corrected chi connectivity index (χ3v) is 1.60. The summed E-state index contributed by atoms with van der Waals surface area (Å²) in [7, 11) is -3.23. The number of rotatable bonds is 4. The van der Waals surface area contributed by atoms with E-state index in [1.54, 1.807) is 0 Å². The van der Waals surface area contributed by atoms with E-state index in [0.717, 1.165) is 6.92 Å². The highest BCUT2D eigenvalue weighted by Crippen LogP contribution is 2.20. The lowest BCUT2D eigenvalue weighted by molar-refractivity contribution is -0.299. The molecule has 8 heteroatoms. The molecule has 14 heavy (non-hydrogen) atoms. The minimum atomic E-state index is -3.82. The van der Waals surface area contributed by atoms with Crippen LogP contribution in [0.1, 0.15) is 13.3 Å². The first-order valence-corrected chi connectivity index (χ1v) is 4.36. The van der Waals surface area contributed by atoms with E-state index < -0.39 is 34.5 Å². The van der Waals surface area contributed by atoms with Gasteiger partial charge in [0, 0.05) is 0 Å². The third-order valence-electron chi connectivity index (χ3n) is 1.18. The molecule has 0 heterocycles. The first-order chi connectivity index (χ1) is 6.24. The van der Waals surface area contributed by atoms with Crippen LogP contribution in [0.4, 0.5) is 8.78 Å². The van der Waals surface area contributed by atoms with Gasteiger partial charge < -0.3 is 9.90 Å². The zero-order chi connectivity index (χ0) is 11.4. The molecule has 0 N–H and O–H groups in total. The van der Waals surface area contributed by atoms with Crippen molar-refractivity contribution in [2.45, 2.75) is 19.4 Å². The monoisotopic (exact) mass is 226 g/mol. The van der Waals surface area contributed by atoms with Gasteiger partial charge in [-0.1, -0.05) is 10.4 Å². The van der Waals surface area contributed by atoms with Crippen LogP contribution in [0.3, 0.4) is 0 Å². The average molecular weight is 226 g/mol. The van der Waals surface area contributed by atoms with Crippen LogP contribution in [0.5, 0.6) is 0 Å². The Morgan fingerprint density at radius 2 is 2.07 bits per heavy atom. The summed E-state index contributed by atoms with van der Waals surface area (Å²) in [5, 5.41) is 10.1. The van der Waals surface area contributed by atoms with Crippen molar-refractivity contribution in [3.63, 3.8) is 0 Å². The minimum absolute atomic E-state index is 0.406. The topological polar surface area (TPSA) is 86.6 Å². The van der Waals surface area contributed by atoms with Crippen molar-refractivity contribution in [1.82, 2.24) is 0 Å². The number of carboxylic acid groups (broad SMARTS) is 1. The van der Waals surface area contributed by atoms with Gasteiger partial charge in [0.05, 0.1) is 12.4 Å². The molecule has 0 atom stereocenters. The van der Waals surface area contributed by atoms with Crippen molar-refractivity contribution in [3.05, 3.63) is 11.6 Å². The van der Waals surface area contributed by atoms with Crippen LogP contribution in [-0.2, 0) is 15.3 Å². The Labute approximate surface area is 79.8 Å². The van der Waals surface area contributed by atoms with Crippen molar-refractivity contribution in [2.24, 2.45) is 4.36 Å². The van der Waals surface area contributed by atoms with Crippen LogP contribution < -0.4 is 5.11 Å². The van der Waals surface area contributed by atoms with Crippen molar-refractivity contribution >= 4 is 16.5 Å². The van der Waals surface area contributed by atoms with Crippen molar-refractivity contribution < 1.29 is 27.1 Å². The van der Waals surface area contributed by atoms with Gasteiger partial charge in [-0.05, 0) is 12.5 Å². The third kappa shape index (κ3) is 5.36. The first kappa shape index (κ1) is 12.7. The molecule has 0 saturated carbocycles. The molecule has 0 aromatic carbocycles. The fourth-order valence-corrected chi connectivity index (χ4v) is 0.798. The Hall–Kier alpha value is -1.31. The number of halogens is 2. The molecule has 0 fully saturated rings. The summed E-state index contributed by atoms with van der Waals surface area (Å²) < 4.78 is 46.6. The summed E-state index contributed by atoms with van der Waals surface area (Å²) >= 11 is 0. The molecule has 0 rings (SSSR count). The molecule has 0 aliphatic carbocycles. The molecule has 0 amide bonds. The molecule has 0 aromatic rings. The Bertz CT molecular complexity index is 377. The van der Waals surface area contributed by atoms with Gasteiger partial charge in [0.1, 0.15) is 0 Å². The van der Waals surface area contributed by atoms with Gasteiger partial charge in [-0.3, -0.25) is 0 Å². The fourth-order valence-electron chi connectivity index (χ4n) is 0.506. The normalized spacial score (nSPS) is 12.4. The van der Waals surface area contributed by atoms with Gasteiger partial charge in [-0.2, -0.15) is 17.2 Å². The summed E-state index contributed by atoms with van der Waals surface area (Å²) in [6, 6.07) is -3.82. The second-order valence-electron chi connectivity index (χ2n) is 2.35. The number of hydrogen-bond acceptors (Lipinski definition) is 5. The lowest BCUT2D eigenvalue weighted by Crippen LogP contribution is -2.23. The molecule has 0 aliphatic rings. The average Bonchev–Trinajstić information content (AvgIpc) is 1.97.